The Morgan fingerprint density at radius 3 is 2.85 bits per heavy atom. The molecule has 1 atom stereocenters. The van der Waals surface area contributed by atoms with E-state index in [2.05, 4.69) is 10.3 Å². The van der Waals surface area contributed by atoms with E-state index in [1.165, 1.54) is 11.8 Å². The topological polar surface area (TPSA) is 118 Å². The minimum Gasteiger partial charge on any atom is -0.480 e. The number of morpholine rings is 1. The van der Waals surface area contributed by atoms with Gasteiger partial charge in [-0.05, 0) is 18.2 Å². The highest BCUT2D eigenvalue weighted by Gasteiger charge is 2.28. The second kappa shape index (κ2) is 7.70. The van der Waals surface area contributed by atoms with Crippen molar-refractivity contribution in [3.8, 4) is 0 Å². The lowest BCUT2D eigenvalue weighted by molar-refractivity contribution is -0.145. The fourth-order valence-electron chi connectivity index (χ4n) is 3.08. The zero-order valence-electron chi connectivity index (χ0n) is 15.2. The summed E-state index contributed by atoms with van der Waals surface area (Å²) in [5, 5.41) is 16.9. The maximum atomic E-state index is 12.8. The van der Waals surface area contributed by atoms with E-state index in [0.29, 0.717) is 24.2 Å². The molecule has 3 rings (SSSR count). The zero-order valence-corrected chi connectivity index (χ0v) is 15.2. The molecular formula is C17H21N5O5. The minimum absolute atomic E-state index is 0.120. The van der Waals surface area contributed by atoms with Gasteiger partial charge < -0.3 is 19.6 Å². The number of aromatic nitrogens is 3. The van der Waals surface area contributed by atoms with Crippen LogP contribution in [0.25, 0.3) is 11.0 Å². The van der Waals surface area contributed by atoms with Gasteiger partial charge >= 0.3 is 5.97 Å². The van der Waals surface area contributed by atoms with E-state index in [-0.39, 0.29) is 24.9 Å². The Bertz CT molecular complexity index is 880. The number of benzene rings is 1. The van der Waals surface area contributed by atoms with Crippen molar-refractivity contribution in [3.63, 3.8) is 0 Å². The van der Waals surface area contributed by atoms with Crippen molar-refractivity contribution >= 4 is 28.8 Å². The van der Waals surface area contributed by atoms with E-state index in [1.807, 2.05) is 0 Å². The lowest BCUT2D eigenvalue weighted by atomic mass is 10.1. The van der Waals surface area contributed by atoms with Crippen molar-refractivity contribution in [2.75, 3.05) is 32.8 Å². The van der Waals surface area contributed by atoms with Crippen molar-refractivity contribution < 1.29 is 24.2 Å². The SMILES string of the molecule is CC(=O)N(CC(=O)O)CC1CN(C(=O)c2ccc3c(c2)nnn3C)CCO1. The number of amides is 2. The number of hydrogen-bond donors (Lipinski definition) is 1. The van der Waals surface area contributed by atoms with E-state index in [9.17, 15) is 14.4 Å². The summed E-state index contributed by atoms with van der Waals surface area (Å²) >= 11 is 0. The number of aliphatic carboxylic acids is 1. The number of carboxylic acids is 1. The van der Waals surface area contributed by atoms with Crippen molar-refractivity contribution in [2.45, 2.75) is 13.0 Å². The highest BCUT2D eigenvalue weighted by atomic mass is 16.5. The average Bonchev–Trinajstić information content (AvgIpc) is 3.01. The number of carbonyl (C=O) groups excluding carboxylic acids is 2. The Labute approximate surface area is 155 Å². The van der Waals surface area contributed by atoms with Gasteiger partial charge in [0.25, 0.3) is 5.91 Å². The Hall–Kier alpha value is -3.01. The smallest absolute Gasteiger partial charge is 0.323 e. The Morgan fingerprint density at radius 1 is 1.37 bits per heavy atom. The molecule has 144 valence electrons. The van der Waals surface area contributed by atoms with Crippen LogP contribution in [0.1, 0.15) is 17.3 Å². The molecule has 1 fully saturated rings. The molecule has 0 spiro atoms. The quantitative estimate of drug-likeness (QED) is 0.765. The summed E-state index contributed by atoms with van der Waals surface area (Å²) in [5.41, 5.74) is 1.96. The molecule has 0 aliphatic carbocycles. The molecule has 10 nitrogen and oxygen atoms in total. The van der Waals surface area contributed by atoms with Crippen LogP contribution in [0.15, 0.2) is 18.2 Å². The number of rotatable bonds is 5. The van der Waals surface area contributed by atoms with Crippen LogP contribution in [0.2, 0.25) is 0 Å². The number of carbonyl (C=O) groups is 3. The van der Waals surface area contributed by atoms with E-state index in [0.717, 1.165) is 5.52 Å². The summed E-state index contributed by atoms with van der Waals surface area (Å²) in [6.07, 6.45) is -0.439. The number of hydrogen-bond acceptors (Lipinski definition) is 6. The summed E-state index contributed by atoms with van der Waals surface area (Å²) in [7, 11) is 1.78. The predicted octanol–water partition coefficient (Wildman–Crippen LogP) is -0.258. The summed E-state index contributed by atoms with van der Waals surface area (Å²) in [6.45, 7) is 2.06. The predicted molar refractivity (Wildman–Crippen MR) is 94.0 cm³/mol. The van der Waals surface area contributed by atoms with E-state index < -0.39 is 18.6 Å². The van der Waals surface area contributed by atoms with Gasteiger partial charge in [0.05, 0.1) is 18.2 Å². The van der Waals surface area contributed by atoms with Crippen LogP contribution < -0.4 is 0 Å². The molecule has 1 aromatic carbocycles. The number of fused-ring (bicyclic) bond motifs is 1. The minimum atomic E-state index is -1.09. The van der Waals surface area contributed by atoms with E-state index >= 15 is 0 Å². The maximum absolute atomic E-state index is 12.8. The molecule has 1 unspecified atom stereocenters. The Balaban J connectivity index is 1.69. The third-order valence-electron chi connectivity index (χ3n) is 4.48. The fraction of sp³-hybridized carbons (Fsp3) is 0.471. The van der Waals surface area contributed by atoms with Crippen molar-refractivity contribution in [1.29, 1.82) is 0 Å². The molecule has 2 amide bonds. The first kappa shape index (κ1) is 18.8. The van der Waals surface area contributed by atoms with Crippen molar-refractivity contribution in [1.82, 2.24) is 24.8 Å². The maximum Gasteiger partial charge on any atom is 0.323 e. The van der Waals surface area contributed by atoms with Crippen LogP contribution in [0.5, 0.6) is 0 Å². The first-order chi connectivity index (χ1) is 12.8. The first-order valence-corrected chi connectivity index (χ1v) is 8.52. The van der Waals surface area contributed by atoms with Gasteiger partial charge in [-0.1, -0.05) is 5.21 Å². The molecule has 1 aromatic heterocycles. The van der Waals surface area contributed by atoms with Gasteiger partial charge in [-0.2, -0.15) is 0 Å². The van der Waals surface area contributed by atoms with Gasteiger partial charge in [0, 0.05) is 39.2 Å². The lowest BCUT2D eigenvalue weighted by Gasteiger charge is -2.35. The molecule has 0 bridgehead atoms. The second-order valence-electron chi connectivity index (χ2n) is 6.45. The van der Waals surface area contributed by atoms with Crippen LogP contribution in [0.3, 0.4) is 0 Å². The van der Waals surface area contributed by atoms with E-state index in [1.54, 1.807) is 34.8 Å². The fourth-order valence-corrected chi connectivity index (χ4v) is 3.08. The molecule has 10 heteroatoms. The zero-order chi connectivity index (χ0) is 19.6. The van der Waals surface area contributed by atoms with Gasteiger partial charge in [-0.3, -0.25) is 14.4 Å². The monoisotopic (exact) mass is 375 g/mol. The van der Waals surface area contributed by atoms with Gasteiger partial charge in [0.1, 0.15) is 12.1 Å². The van der Waals surface area contributed by atoms with E-state index in [4.69, 9.17) is 9.84 Å². The third kappa shape index (κ3) is 4.22. The average molecular weight is 375 g/mol. The van der Waals surface area contributed by atoms with Crippen molar-refractivity contribution in [2.24, 2.45) is 7.05 Å². The van der Waals surface area contributed by atoms with Gasteiger partial charge in [-0.25, -0.2) is 4.68 Å². The summed E-state index contributed by atoms with van der Waals surface area (Å²) in [4.78, 5) is 38.2. The number of aryl methyl sites for hydroxylation is 1. The standard InChI is InChI=1S/C17H21N5O5/c1-11(23)22(10-16(24)25)9-13-8-21(5-6-27-13)17(26)12-3-4-15-14(7-12)18-19-20(15)2/h3-4,7,13H,5-6,8-10H2,1-2H3,(H,24,25). The molecule has 1 aliphatic heterocycles. The summed E-state index contributed by atoms with van der Waals surface area (Å²) in [5.74, 6) is -1.60. The normalized spacial score (nSPS) is 17.1. The van der Waals surface area contributed by atoms with Gasteiger partial charge in [-0.15, -0.1) is 5.10 Å². The number of nitrogens with zero attached hydrogens (tertiary/aromatic N) is 5. The highest BCUT2D eigenvalue weighted by Crippen LogP contribution is 2.16. The van der Waals surface area contributed by atoms with Crippen LogP contribution in [-0.2, 0) is 21.4 Å². The number of carboxylic acid groups (broad SMARTS) is 1. The van der Waals surface area contributed by atoms with Crippen LogP contribution >= 0.6 is 0 Å². The molecule has 27 heavy (non-hydrogen) atoms. The van der Waals surface area contributed by atoms with Gasteiger partial charge in [0.2, 0.25) is 5.91 Å². The molecule has 0 radical (unpaired) electrons. The molecule has 2 aromatic rings. The summed E-state index contributed by atoms with van der Waals surface area (Å²) in [6, 6.07) is 5.22. The van der Waals surface area contributed by atoms with Crippen LogP contribution in [-0.4, -0.2) is 86.6 Å². The van der Waals surface area contributed by atoms with Crippen LogP contribution in [0.4, 0.5) is 0 Å². The summed E-state index contributed by atoms with van der Waals surface area (Å²) < 4.78 is 7.26. The van der Waals surface area contributed by atoms with Crippen LogP contribution in [0, 0.1) is 0 Å². The lowest BCUT2D eigenvalue weighted by Crippen LogP contribution is -2.51. The molecule has 1 N–H and O–H groups in total. The van der Waals surface area contributed by atoms with Crippen molar-refractivity contribution in [3.05, 3.63) is 23.8 Å². The molecule has 1 aliphatic rings. The molecular weight excluding hydrogens is 354 g/mol. The molecule has 0 saturated carbocycles. The molecule has 1 saturated heterocycles. The second-order valence-corrected chi connectivity index (χ2v) is 6.45. The third-order valence-corrected chi connectivity index (χ3v) is 4.48. The Kier molecular flexibility index (Phi) is 5.36. The number of ether oxygens (including phenoxy) is 1. The Morgan fingerprint density at radius 2 is 2.15 bits per heavy atom. The highest BCUT2D eigenvalue weighted by molar-refractivity contribution is 5.97. The first-order valence-electron chi connectivity index (χ1n) is 8.52. The largest absolute Gasteiger partial charge is 0.480 e. The molecule has 2 heterocycles. The van der Waals surface area contributed by atoms with Gasteiger partial charge in [0.15, 0.2) is 0 Å².